The molecule has 0 aliphatic heterocycles. The van der Waals surface area contributed by atoms with Crippen molar-refractivity contribution in [2.75, 3.05) is 24.2 Å². The molecule has 0 heterocycles. The molecule has 1 unspecified atom stereocenters. The maximum Gasteiger partial charge on any atom is 0.0992 e. The Labute approximate surface area is 97.5 Å². The Balaban J connectivity index is 2.84. The summed E-state index contributed by atoms with van der Waals surface area (Å²) in [7, 11) is 2.03. The molecule has 2 N–H and O–H groups in total. The van der Waals surface area contributed by atoms with Gasteiger partial charge in [0.25, 0.3) is 0 Å². The van der Waals surface area contributed by atoms with E-state index in [0.717, 1.165) is 18.7 Å². The van der Waals surface area contributed by atoms with Gasteiger partial charge in [-0.15, -0.1) is 0 Å². The molecule has 0 aromatic heterocycles. The second kappa shape index (κ2) is 5.41. The number of rotatable bonds is 4. The van der Waals surface area contributed by atoms with Gasteiger partial charge in [0.2, 0.25) is 0 Å². The predicted octanol–water partition coefficient (Wildman–Crippen LogP) is 2.62. The van der Waals surface area contributed by atoms with Gasteiger partial charge < -0.3 is 10.6 Å². The SMILES string of the molecule is CCC(C)CN(C)c1ccc(C#N)cc1N. The van der Waals surface area contributed by atoms with Gasteiger partial charge in [0.05, 0.1) is 23.0 Å². The van der Waals surface area contributed by atoms with Crippen LogP contribution in [0.2, 0.25) is 0 Å². The third-order valence-electron chi connectivity index (χ3n) is 2.85. The Morgan fingerprint density at radius 1 is 1.50 bits per heavy atom. The molecule has 1 atom stereocenters. The third-order valence-corrected chi connectivity index (χ3v) is 2.85. The number of nitrogen functional groups attached to an aromatic ring is 1. The van der Waals surface area contributed by atoms with Crippen LogP contribution in [0.1, 0.15) is 25.8 Å². The number of nitrogens with zero attached hydrogens (tertiary/aromatic N) is 2. The first kappa shape index (κ1) is 12.4. The first-order valence-corrected chi connectivity index (χ1v) is 5.59. The fraction of sp³-hybridized carbons (Fsp3) is 0.462. The van der Waals surface area contributed by atoms with Crippen LogP contribution >= 0.6 is 0 Å². The molecular weight excluding hydrogens is 198 g/mol. The Morgan fingerprint density at radius 2 is 2.19 bits per heavy atom. The van der Waals surface area contributed by atoms with Crippen LogP contribution in [0.25, 0.3) is 0 Å². The summed E-state index contributed by atoms with van der Waals surface area (Å²) in [6, 6.07) is 7.53. The second-order valence-corrected chi connectivity index (χ2v) is 4.28. The molecule has 1 aromatic rings. The van der Waals surface area contributed by atoms with Crippen molar-refractivity contribution < 1.29 is 0 Å². The highest BCUT2D eigenvalue weighted by atomic mass is 15.1. The zero-order valence-electron chi connectivity index (χ0n) is 10.2. The van der Waals surface area contributed by atoms with Gasteiger partial charge in [0.15, 0.2) is 0 Å². The highest BCUT2D eigenvalue weighted by molar-refractivity contribution is 5.69. The number of hydrogen-bond donors (Lipinski definition) is 1. The smallest absolute Gasteiger partial charge is 0.0992 e. The van der Waals surface area contributed by atoms with Crippen LogP contribution in [0.5, 0.6) is 0 Å². The summed E-state index contributed by atoms with van der Waals surface area (Å²) in [6.45, 7) is 5.38. The van der Waals surface area contributed by atoms with Crippen molar-refractivity contribution in [2.45, 2.75) is 20.3 Å². The standard InChI is InChI=1S/C13H19N3/c1-4-10(2)9-16(3)13-6-5-11(8-14)7-12(13)15/h5-7,10H,4,9,15H2,1-3H3. The van der Waals surface area contributed by atoms with E-state index in [4.69, 9.17) is 11.0 Å². The lowest BCUT2D eigenvalue weighted by atomic mass is 10.1. The highest BCUT2D eigenvalue weighted by Crippen LogP contribution is 2.24. The summed E-state index contributed by atoms with van der Waals surface area (Å²) in [5.41, 5.74) is 8.20. The average Bonchev–Trinajstić information content (AvgIpc) is 2.28. The van der Waals surface area contributed by atoms with E-state index in [9.17, 15) is 0 Å². The molecule has 1 rings (SSSR count). The number of anilines is 2. The number of benzene rings is 1. The van der Waals surface area contributed by atoms with Gasteiger partial charge in [0, 0.05) is 13.6 Å². The minimum Gasteiger partial charge on any atom is -0.397 e. The summed E-state index contributed by atoms with van der Waals surface area (Å²) in [4.78, 5) is 2.14. The Kier molecular flexibility index (Phi) is 4.19. The molecule has 0 spiro atoms. The van der Waals surface area contributed by atoms with Crippen LogP contribution < -0.4 is 10.6 Å². The van der Waals surface area contributed by atoms with E-state index in [1.54, 1.807) is 12.1 Å². The van der Waals surface area contributed by atoms with Gasteiger partial charge in [-0.3, -0.25) is 0 Å². The zero-order chi connectivity index (χ0) is 12.1. The van der Waals surface area contributed by atoms with Crippen molar-refractivity contribution in [1.82, 2.24) is 0 Å². The van der Waals surface area contributed by atoms with E-state index in [1.807, 2.05) is 13.1 Å². The molecule has 0 amide bonds. The Hall–Kier alpha value is -1.69. The van der Waals surface area contributed by atoms with E-state index in [0.29, 0.717) is 17.2 Å². The van der Waals surface area contributed by atoms with Crippen LogP contribution in [0, 0.1) is 17.2 Å². The highest BCUT2D eigenvalue weighted by Gasteiger charge is 2.08. The second-order valence-electron chi connectivity index (χ2n) is 4.28. The minimum atomic E-state index is 0.609. The maximum absolute atomic E-state index is 8.76. The summed E-state index contributed by atoms with van der Waals surface area (Å²) >= 11 is 0. The molecule has 1 aromatic carbocycles. The predicted molar refractivity (Wildman–Crippen MR) is 68.3 cm³/mol. The summed E-state index contributed by atoms with van der Waals surface area (Å²) in [5, 5.41) is 8.76. The van der Waals surface area contributed by atoms with Gasteiger partial charge in [-0.2, -0.15) is 5.26 Å². The van der Waals surface area contributed by atoms with E-state index in [2.05, 4.69) is 24.8 Å². The molecule has 0 fully saturated rings. The zero-order valence-corrected chi connectivity index (χ0v) is 10.2. The molecule has 86 valence electrons. The molecule has 0 radical (unpaired) electrons. The molecule has 0 saturated carbocycles. The van der Waals surface area contributed by atoms with Crippen LogP contribution in [0.3, 0.4) is 0 Å². The fourth-order valence-corrected chi connectivity index (χ4v) is 1.67. The van der Waals surface area contributed by atoms with Crippen molar-refractivity contribution in [3.05, 3.63) is 23.8 Å². The van der Waals surface area contributed by atoms with E-state index in [-0.39, 0.29) is 0 Å². The van der Waals surface area contributed by atoms with Gasteiger partial charge in [0.1, 0.15) is 0 Å². The van der Waals surface area contributed by atoms with Gasteiger partial charge in [-0.1, -0.05) is 20.3 Å². The molecule has 0 saturated heterocycles. The third kappa shape index (κ3) is 2.90. The fourth-order valence-electron chi connectivity index (χ4n) is 1.67. The van der Waals surface area contributed by atoms with Crippen LogP contribution in [-0.2, 0) is 0 Å². The van der Waals surface area contributed by atoms with Crippen LogP contribution in [0.4, 0.5) is 11.4 Å². The number of nitrogens with two attached hydrogens (primary N) is 1. The Bertz CT molecular complexity index is 393. The molecular formula is C13H19N3. The quantitative estimate of drug-likeness (QED) is 0.789. The van der Waals surface area contributed by atoms with Crippen molar-refractivity contribution in [2.24, 2.45) is 5.92 Å². The van der Waals surface area contributed by atoms with E-state index in [1.165, 1.54) is 0 Å². The first-order chi connectivity index (χ1) is 7.58. The van der Waals surface area contributed by atoms with Crippen molar-refractivity contribution in [3.63, 3.8) is 0 Å². The van der Waals surface area contributed by atoms with Crippen molar-refractivity contribution in [1.29, 1.82) is 5.26 Å². The van der Waals surface area contributed by atoms with Gasteiger partial charge in [-0.25, -0.2) is 0 Å². The summed E-state index contributed by atoms with van der Waals surface area (Å²) in [6.07, 6.45) is 1.15. The van der Waals surface area contributed by atoms with E-state index >= 15 is 0 Å². The van der Waals surface area contributed by atoms with Gasteiger partial charge in [-0.05, 0) is 24.1 Å². The normalized spacial score (nSPS) is 11.9. The molecule has 0 aliphatic carbocycles. The van der Waals surface area contributed by atoms with E-state index < -0.39 is 0 Å². The lowest BCUT2D eigenvalue weighted by Gasteiger charge is -2.24. The summed E-state index contributed by atoms with van der Waals surface area (Å²) in [5.74, 6) is 0.639. The minimum absolute atomic E-state index is 0.609. The summed E-state index contributed by atoms with van der Waals surface area (Å²) < 4.78 is 0. The molecule has 3 heteroatoms. The Morgan fingerprint density at radius 3 is 2.69 bits per heavy atom. The molecule has 0 bridgehead atoms. The van der Waals surface area contributed by atoms with Crippen molar-refractivity contribution in [3.8, 4) is 6.07 Å². The lowest BCUT2D eigenvalue weighted by Crippen LogP contribution is -2.24. The lowest BCUT2D eigenvalue weighted by molar-refractivity contribution is 0.560. The molecule has 3 nitrogen and oxygen atoms in total. The number of hydrogen-bond acceptors (Lipinski definition) is 3. The average molecular weight is 217 g/mol. The van der Waals surface area contributed by atoms with Crippen LogP contribution in [-0.4, -0.2) is 13.6 Å². The van der Waals surface area contributed by atoms with Crippen LogP contribution in [0.15, 0.2) is 18.2 Å². The molecule has 0 aliphatic rings. The largest absolute Gasteiger partial charge is 0.397 e. The monoisotopic (exact) mass is 217 g/mol. The van der Waals surface area contributed by atoms with Crippen molar-refractivity contribution >= 4 is 11.4 Å². The van der Waals surface area contributed by atoms with Gasteiger partial charge >= 0.3 is 0 Å². The molecule has 16 heavy (non-hydrogen) atoms. The number of nitriles is 1. The maximum atomic E-state index is 8.76. The first-order valence-electron chi connectivity index (χ1n) is 5.59. The topological polar surface area (TPSA) is 53.0 Å².